The van der Waals surface area contributed by atoms with E-state index >= 15 is 0 Å². The molecule has 0 spiro atoms. The Bertz CT molecular complexity index is 910. The number of piperazine rings is 1. The van der Waals surface area contributed by atoms with E-state index in [0.29, 0.717) is 0 Å². The standard InChI is InChI=1S/C15H7B8FN4O/c16-12(17)14(20,21)28(15(22,23)13(18,19)27-12)11-25-5-8(6-26-11)10(29)7-1-3-9(24)4-2-7/h1-6,27H. The number of ketones is 1. The van der Waals surface area contributed by atoms with Crippen molar-refractivity contribution in [2.75, 3.05) is 4.90 Å². The summed E-state index contributed by atoms with van der Waals surface area (Å²) in [7, 11) is 47.9. The molecule has 0 unspecified atom stereocenters. The van der Waals surface area contributed by atoms with Crippen LogP contribution in [-0.2, 0) is 0 Å². The van der Waals surface area contributed by atoms with Gasteiger partial charge in [-0.1, -0.05) is 10.7 Å². The zero-order valence-electron chi connectivity index (χ0n) is 15.2. The second kappa shape index (κ2) is 6.86. The van der Waals surface area contributed by atoms with Gasteiger partial charge in [0.15, 0.2) is 5.78 Å². The lowest BCUT2D eigenvalue weighted by atomic mass is 9.27. The smallest absolute Gasteiger partial charge is 0.223 e. The van der Waals surface area contributed by atoms with E-state index in [0.717, 1.165) is 17.0 Å². The highest BCUT2D eigenvalue weighted by Gasteiger charge is 2.56. The van der Waals surface area contributed by atoms with Crippen molar-refractivity contribution in [2.24, 2.45) is 0 Å². The number of nitrogens with one attached hydrogen (secondary N) is 1. The third kappa shape index (κ3) is 3.49. The Labute approximate surface area is 179 Å². The van der Waals surface area contributed by atoms with E-state index in [9.17, 15) is 9.18 Å². The SMILES string of the molecule is [B]C1([B])NC([B])([B])C([B])([B])N(c2ncc(C(=O)c3ccc(F)cc3)cn2)C1([B])[B]. The number of benzene rings is 1. The van der Waals surface area contributed by atoms with Gasteiger partial charge < -0.3 is 10.2 Å². The van der Waals surface area contributed by atoms with E-state index in [1.54, 1.807) is 0 Å². The number of carbonyl (C=O) groups is 1. The molecule has 1 aliphatic rings. The lowest BCUT2D eigenvalue weighted by Crippen LogP contribution is -2.92. The molecule has 2 heterocycles. The molecule has 1 saturated heterocycles. The lowest BCUT2D eigenvalue weighted by molar-refractivity contribution is 0.103. The van der Waals surface area contributed by atoms with Crippen LogP contribution in [0.4, 0.5) is 10.3 Å². The van der Waals surface area contributed by atoms with Crippen LogP contribution >= 0.6 is 0 Å². The molecular formula is C15H7B8FN4O. The van der Waals surface area contributed by atoms with E-state index in [1.807, 2.05) is 0 Å². The van der Waals surface area contributed by atoms with Gasteiger partial charge in [-0.2, -0.15) is 0 Å². The van der Waals surface area contributed by atoms with Gasteiger partial charge in [-0.05, 0) is 34.9 Å². The Kier molecular flexibility index (Phi) is 5.18. The maximum atomic E-state index is 13.0. The van der Waals surface area contributed by atoms with Gasteiger partial charge in [0.05, 0.1) is 68.3 Å². The maximum absolute atomic E-state index is 13.0. The summed E-state index contributed by atoms with van der Waals surface area (Å²) in [5.41, 5.74) is 0.322. The molecule has 1 fully saturated rings. The van der Waals surface area contributed by atoms with Crippen molar-refractivity contribution in [3.8, 4) is 0 Å². The Hall–Kier alpha value is -1.82. The summed E-state index contributed by atoms with van der Waals surface area (Å²) < 4.78 is 13.0. The first-order chi connectivity index (χ1) is 13.2. The van der Waals surface area contributed by atoms with Gasteiger partial charge in [-0.15, -0.1) is 0 Å². The molecule has 3 rings (SSSR count). The molecular weight excluding hydrogens is 358 g/mol. The summed E-state index contributed by atoms with van der Waals surface area (Å²) in [5, 5.41) is -6.04. The first-order valence-electron chi connectivity index (χ1n) is 8.24. The fourth-order valence-corrected chi connectivity index (χ4v) is 2.87. The molecule has 0 amide bonds. The molecule has 1 aliphatic heterocycles. The Morgan fingerprint density at radius 2 is 1.28 bits per heavy atom. The average molecular weight is 365 g/mol. The van der Waals surface area contributed by atoms with Gasteiger partial charge in [-0.3, -0.25) is 4.79 Å². The predicted molar refractivity (Wildman–Crippen MR) is 114 cm³/mol. The second-order valence-corrected chi connectivity index (χ2v) is 6.96. The third-order valence-electron chi connectivity index (χ3n) is 4.69. The monoisotopic (exact) mass is 366 g/mol. The summed E-state index contributed by atoms with van der Waals surface area (Å²) >= 11 is 0. The number of aromatic nitrogens is 2. The lowest BCUT2D eigenvalue weighted by Gasteiger charge is -2.71. The van der Waals surface area contributed by atoms with E-state index in [4.69, 9.17) is 62.8 Å². The highest BCUT2D eigenvalue weighted by atomic mass is 19.1. The normalized spacial score (nSPS) is 21.3. The molecule has 14 heteroatoms. The van der Waals surface area contributed by atoms with E-state index in [1.165, 1.54) is 24.5 Å². The third-order valence-corrected chi connectivity index (χ3v) is 4.69. The highest BCUT2D eigenvalue weighted by molar-refractivity contribution is 6.62. The topological polar surface area (TPSA) is 58.1 Å². The Morgan fingerprint density at radius 3 is 1.72 bits per heavy atom. The summed E-state index contributed by atoms with van der Waals surface area (Å²) in [6, 6.07) is 4.96. The Balaban J connectivity index is 2.01. The molecule has 16 radical (unpaired) electrons. The number of hydrogen-bond acceptors (Lipinski definition) is 5. The summed E-state index contributed by atoms with van der Waals surface area (Å²) in [5.74, 6) is -1.16. The molecule has 0 saturated carbocycles. The summed E-state index contributed by atoms with van der Waals surface area (Å²) in [6.07, 6.45) is 2.34. The van der Waals surface area contributed by atoms with Gasteiger partial charge in [0.25, 0.3) is 0 Å². The van der Waals surface area contributed by atoms with Gasteiger partial charge in [0.2, 0.25) is 5.95 Å². The van der Waals surface area contributed by atoms with Crippen LogP contribution in [0.15, 0.2) is 36.7 Å². The fourth-order valence-electron chi connectivity index (χ4n) is 2.87. The van der Waals surface area contributed by atoms with Crippen LogP contribution in [0.5, 0.6) is 0 Å². The molecule has 0 aliphatic carbocycles. The highest BCUT2D eigenvalue weighted by Crippen LogP contribution is 2.37. The molecule has 1 aromatic carbocycles. The molecule has 1 N–H and O–H groups in total. The van der Waals surface area contributed by atoms with Crippen LogP contribution in [0.2, 0.25) is 0 Å². The summed E-state index contributed by atoms with van der Waals surface area (Å²) in [6.45, 7) is 0. The molecule has 0 bridgehead atoms. The van der Waals surface area contributed by atoms with E-state index in [2.05, 4.69) is 15.3 Å². The fraction of sp³-hybridized carbons (Fsp3) is 0.267. The van der Waals surface area contributed by atoms with Crippen LogP contribution in [-0.4, -0.2) is 99.9 Å². The van der Waals surface area contributed by atoms with Gasteiger partial charge >= 0.3 is 0 Å². The van der Waals surface area contributed by atoms with E-state index < -0.39 is 33.0 Å². The van der Waals surface area contributed by atoms with Gasteiger partial charge in [0, 0.05) is 18.0 Å². The van der Waals surface area contributed by atoms with Crippen LogP contribution < -0.4 is 10.2 Å². The zero-order valence-corrected chi connectivity index (χ0v) is 15.2. The van der Waals surface area contributed by atoms with E-state index in [-0.39, 0.29) is 17.1 Å². The molecule has 1 aromatic heterocycles. The van der Waals surface area contributed by atoms with Crippen molar-refractivity contribution in [3.63, 3.8) is 0 Å². The maximum Gasteiger partial charge on any atom is 0.223 e. The van der Waals surface area contributed by atoms with Gasteiger partial charge in [0.1, 0.15) is 5.82 Å². The van der Waals surface area contributed by atoms with Crippen LogP contribution in [0.25, 0.3) is 0 Å². The number of nitrogens with zero attached hydrogens (tertiary/aromatic N) is 3. The largest absolute Gasteiger partial charge is 0.364 e. The zero-order chi connectivity index (χ0) is 21.8. The van der Waals surface area contributed by atoms with Crippen molar-refractivity contribution >= 4 is 74.5 Å². The number of carbonyl (C=O) groups excluding carboxylic acids is 1. The van der Waals surface area contributed by atoms with Crippen molar-refractivity contribution in [3.05, 3.63) is 53.6 Å². The van der Waals surface area contributed by atoms with Crippen molar-refractivity contribution in [2.45, 2.75) is 21.4 Å². The van der Waals surface area contributed by atoms with Gasteiger partial charge in [-0.25, -0.2) is 14.4 Å². The average Bonchev–Trinajstić information content (AvgIpc) is 2.60. The minimum atomic E-state index is -2.15. The number of hydrogen-bond donors (Lipinski definition) is 1. The summed E-state index contributed by atoms with van der Waals surface area (Å²) in [4.78, 5) is 21.4. The minimum absolute atomic E-state index is 0.0910. The molecule has 29 heavy (non-hydrogen) atoms. The van der Waals surface area contributed by atoms with Crippen molar-refractivity contribution < 1.29 is 9.18 Å². The first-order valence-corrected chi connectivity index (χ1v) is 8.24. The van der Waals surface area contributed by atoms with Crippen molar-refractivity contribution in [1.82, 2.24) is 15.3 Å². The van der Waals surface area contributed by atoms with Crippen LogP contribution in [0.3, 0.4) is 0 Å². The second-order valence-electron chi connectivity index (χ2n) is 6.96. The number of anilines is 1. The number of halogens is 1. The molecule has 0 atom stereocenters. The molecule has 124 valence electrons. The van der Waals surface area contributed by atoms with Crippen LogP contribution in [0, 0.1) is 5.82 Å². The van der Waals surface area contributed by atoms with Crippen LogP contribution in [0.1, 0.15) is 15.9 Å². The van der Waals surface area contributed by atoms with Crippen molar-refractivity contribution in [1.29, 1.82) is 0 Å². The minimum Gasteiger partial charge on any atom is -0.364 e. The molecule has 5 nitrogen and oxygen atoms in total. The first kappa shape index (κ1) is 21.9. The number of rotatable bonds is 3. The predicted octanol–water partition coefficient (Wildman–Crippen LogP) is -2.78. The molecule has 2 aromatic rings. The Morgan fingerprint density at radius 1 is 0.828 bits per heavy atom. The quantitative estimate of drug-likeness (QED) is 0.472.